The lowest BCUT2D eigenvalue weighted by molar-refractivity contribution is -0.384. The van der Waals surface area contributed by atoms with Crippen LogP contribution in [0, 0.1) is 39.7 Å². The predicted octanol–water partition coefficient (Wildman–Crippen LogP) is 6.26. The number of thiazole rings is 1. The van der Waals surface area contributed by atoms with Crippen molar-refractivity contribution in [2.24, 2.45) is 29.6 Å². The molecule has 5 unspecified atom stereocenters. The Kier molecular flexibility index (Phi) is 7.00. The van der Waals surface area contributed by atoms with Gasteiger partial charge in [0.2, 0.25) is 11.8 Å². The van der Waals surface area contributed by atoms with Crippen LogP contribution in [0.1, 0.15) is 28.3 Å². The smallest absolute Gasteiger partial charge is 0.305 e. The van der Waals surface area contributed by atoms with E-state index < -0.39 is 16.8 Å². The van der Waals surface area contributed by atoms with Gasteiger partial charge in [-0.1, -0.05) is 41.1 Å². The minimum atomic E-state index is -0.509. The Labute approximate surface area is 275 Å². The average molecular weight is 676 g/mol. The first-order chi connectivity index (χ1) is 22.2. The van der Waals surface area contributed by atoms with Gasteiger partial charge in [0, 0.05) is 33.2 Å². The third kappa shape index (κ3) is 4.49. The number of non-ortho nitro benzene ring substituents is 1. The van der Waals surface area contributed by atoms with Gasteiger partial charge in [0.1, 0.15) is 6.61 Å². The number of nitrogens with zero attached hydrogens (tertiary/aromatic N) is 2. The van der Waals surface area contributed by atoms with Crippen molar-refractivity contribution in [3.8, 4) is 11.5 Å². The van der Waals surface area contributed by atoms with Gasteiger partial charge in [0.25, 0.3) is 5.69 Å². The summed E-state index contributed by atoms with van der Waals surface area (Å²) in [6, 6.07) is 18.8. The molecule has 46 heavy (non-hydrogen) atoms. The molecule has 10 nitrogen and oxygen atoms in total. The van der Waals surface area contributed by atoms with Crippen molar-refractivity contribution < 1.29 is 24.0 Å². The Morgan fingerprint density at radius 1 is 0.978 bits per heavy atom. The van der Waals surface area contributed by atoms with E-state index in [9.17, 15) is 24.5 Å². The molecule has 4 aromatic rings. The van der Waals surface area contributed by atoms with Gasteiger partial charge in [0.05, 0.1) is 34.6 Å². The molecule has 234 valence electrons. The highest BCUT2D eigenvalue weighted by molar-refractivity contribution is 8.00. The number of H-pyrrole nitrogens is 1. The third-order valence-electron chi connectivity index (χ3n) is 9.90. The van der Waals surface area contributed by atoms with Crippen molar-refractivity contribution >= 4 is 57.9 Å². The number of rotatable bonds is 7. The number of aromatic nitrogens is 1. The van der Waals surface area contributed by atoms with Crippen LogP contribution in [-0.2, 0) is 16.2 Å². The Bertz CT molecular complexity index is 1960. The number of carbonyl (C=O) groups is 2. The first-order valence-electron chi connectivity index (χ1n) is 14.8. The molecule has 2 bridgehead atoms. The zero-order chi connectivity index (χ0) is 31.9. The van der Waals surface area contributed by atoms with E-state index >= 15 is 0 Å². The highest BCUT2D eigenvalue weighted by Crippen LogP contribution is 2.68. The molecule has 4 aliphatic rings. The number of fused-ring (bicyclic) bond motifs is 9. The van der Waals surface area contributed by atoms with E-state index in [1.165, 1.54) is 40.5 Å². The van der Waals surface area contributed by atoms with Crippen LogP contribution in [0.2, 0.25) is 5.02 Å². The number of nitro benzene ring substituents is 1. The largest absolute Gasteiger partial charge is 0.493 e. The zero-order valence-electron chi connectivity index (χ0n) is 24.3. The standard InChI is InChI=1S/C33H26ClN3O7S2/c1-43-23-12-16(4-11-22(23)44-14-15-2-5-17(34)6-3-15)24-25-20-13-21(28(25)45-30-29(24)46-33(40)35-30)27-26(20)31(38)36(32(27)39)18-7-9-19(10-8-18)37(41)42/h2-12,20-21,24-28H,13-14H2,1H3,(H,35,40)/t20-,21-,24?,25?,26?,27?,28?/m1/s1. The van der Waals surface area contributed by atoms with Crippen molar-refractivity contribution in [3.63, 3.8) is 0 Å². The summed E-state index contributed by atoms with van der Waals surface area (Å²) < 4.78 is 11.9. The second-order valence-corrected chi connectivity index (χ2v) is 14.7. The molecule has 13 heteroatoms. The molecular weight excluding hydrogens is 650 g/mol. The molecule has 3 aromatic carbocycles. The van der Waals surface area contributed by atoms with Gasteiger partial charge in [-0.3, -0.25) is 29.4 Å². The first-order valence-corrected chi connectivity index (χ1v) is 16.9. The topological polar surface area (TPSA) is 132 Å². The van der Waals surface area contributed by atoms with Crippen LogP contribution in [0.3, 0.4) is 0 Å². The number of ether oxygens (including phenoxy) is 2. The van der Waals surface area contributed by atoms with Crippen molar-refractivity contribution in [1.29, 1.82) is 0 Å². The number of benzene rings is 3. The maximum atomic E-state index is 14.0. The molecule has 2 amide bonds. The summed E-state index contributed by atoms with van der Waals surface area (Å²) in [6.45, 7) is 0.329. The first kappa shape index (κ1) is 29.3. The second kappa shape index (κ2) is 11.0. The number of nitro groups is 1. The molecule has 3 heterocycles. The van der Waals surface area contributed by atoms with Crippen molar-refractivity contribution in [2.45, 2.75) is 29.2 Å². The molecule has 0 spiro atoms. The lowest BCUT2D eigenvalue weighted by atomic mass is 9.68. The molecule has 8 rings (SSSR count). The van der Waals surface area contributed by atoms with E-state index in [1.54, 1.807) is 18.9 Å². The highest BCUT2D eigenvalue weighted by atomic mass is 35.5. The van der Waals surface area contributed by atoms with Gasteiger partial charge >= 0.3 is 4.87 Å². The van der Waals surface area contributed by atoms with Crippen LogP contribution in [0.25, 0.3) is 0 Å². The fourth-order valence-corrected chi connectivity index (χ4v) is 11.1. The summed E-state index contributed by atoms with van der Waals surface area (Å²) in [7, 11) is 1.59. The summed E-state index contributed by atoms with van der Waals surface area (Å²) in [4.78, 5) is 56.2. The number of imide groups is 1. The number of halogens is 1. The van der Waals surface area contributed by atoms with Crippen LogP contribution >= 0.6 is 34.7 Å². The van der Waals surface area contributed by atoms with Crippen LogP contribution in [0.15, 0.2) is 76.6 Å². The number of hydrogen-bond acceptors (Lipinski definition) is 9. The third-order valence-corrected chi connectivity index (χ3v) is 12.7. The number of thioether (sulfide) groups is 1. The van der Waals surface area contributed by atoms with E-state index in [-0.39, 0.29) is 51.3 Å². The normalized spacial score (nSPS) is 27.3. The molecule has 7 atom stereocenters. The number of hydrogen-bond donors (Lipinski definition) is 1. The monoisotopic (exact) mass is 675 g/mol. The van der Waals surface area contributed by atoms with Gasteiger partial charge in [-0.05, 0) is 71.7 Å². The molecule has 1 N–H and O–H groups in total. The summed E-state index contributed by atoms with van der Waals surface area (Å²) >= 11 is 8.83. The van der Waals surface area contributed by atoms with Gasteiger partial charge in [-0.25, -0.2) is 0 Å². The van der Waals surface area contributed by atoms with Gasteiger partial charge < -0.3 is 14.5 Å². The van der Waals surface area contributed by atoms with E-state index in [0.717, 1.165) is 27.5 Å². The lowest BCUT2D eigenvalue weighted by Crippen LogP contribution is -2.42. The number of carbonyl (C=O) groups excluding carboxylic acids is 2. The summed E-state index contributed by atoms with van der Waals surface area (Å²) in [6.07, 6.45) is 0.748. The van der Waals surface area contributed by atoms with E-state index in [1.807, 2.05) is 42.5 Å². The Hall–Kier alpha value is -4.13. The number of methoxy groups -OCH3 is 1. The van der Waals surface area contributed by atoms with Gasteiger partial charge in [-0.15, -0.1) is 11.8 Å². The van der Waals surface area contributed by atoms with Crippen molar-refractivity contribution in [1.82, 2.24) is 4.98 Å². The molecule has 3 fully saturated rings. The average Bonchev–Trinajstić information content (AvgIpc) is 3.79. The lowest BCUT2D eigenvalue weighted by Gasteiger charge is -2.43. The summed E-state index contributed by atoms with van der Waals surface area (Å²) in [5.41, 5.74) is 2.16. The molecule has 1 saturated heterocycles. The van der Waals surface area contributed by atoms with Crippen molar-refractivity contribution in [3.05, 3.63) is 108 Å². The molecule has 2 saturated carbocycles. The summed E-state index contributed by atoms with van der Waals surface area (Å²) in [5.74, 6) is -0.620. The highest BCUT2D eigenvalue weighted by Gasteiger charge is 2.69. The number of aromatic amines is 1. The SMILES string of the molecule is COc1cc(C2c3sc(=O)[nH]c3SC3C2[C@H]2C[C@@H]3C3C(=O)N(c4ccc([N+](=O)[O-])cc4)C(=O)C32)ccc1OCc1ccc(Cl)cc1. The number of amides is 2. The van der Waals surface area contributed by atoms with Crippen LogP contribution in [-0.4, -0.2) is 34.1 Å². The van der Waals surface area contributed by atoms with E-state index in [4.69, 9.17) is 21.1 Å². The minimum absolute atomic E-state index is 0.00861. The Morgan fingerprint density at radius 3 is 2.39 bits per heavy atom. The Balaban J connectivity index is 1.13. The molecular formula is C33H26ClN3O7S2. The fourth-order valence-electron chi connectivity index (χ4n) is 8.11. The maximum absolute atomic E-state index is 14.0. The summed E-state index contributed by atoms with van der Waals surface area (Å²) in [5, 5.41) is 12.7. The van der Waals surface area contributed by atoms with Crippen LogP contribution in [0.4, 0.5) is 11.4 Å². The van der Waals surface area contributed by atoms with Gasteiger partial charge in [-0.2, -0.15) is 0 Å². The Morgan fingerprint density at radius 2 is 1.70 bits per heavy atom. The number of nitrogens with one attached hydrogen (secondary N) is 1. The fraction of sp³-hybridized carbons (Fsp3) is 0.303. The zero-order valence-corrected chi connectivity index (χ0v) is 26.6. The maximum Gasteiger partial charge on any atom is 0.305 e. The van der Waals surface area contributed by atoms with Crippen LogP contribution in [0.5, 0.6) is 11.5 Å². The molecule has 2 aliphatic heterocycles. The van der Waals surface area contributed by atoms with Gasteiger partial charge in [0.15, 0.2) is 11.5 Å². The predicted molar refractivity (Wildman–Crippen MR) is 173 cm³/mol. The van der Waals surface area contributed by atoms with E-state index in [2.05, 4.69) is 4.98 Å². The van der Waals surface area contributed by atoms with E-state index in [0.29, 0.717) is 28.8 Å². The van der Waals surface area contributed by atoms with Crippen molar-refractivity contribution in [2.75, 3.05) is 12.0 Å². The molecule has 1 aromatic heterocycles. The quantitative estimate of drug-likeness (QED) is 0.138. The molecule has 2 aliphatic carbocycles. The minimum Gasteiger partial charge on any atom is -0.493 e. The molecule has 0 radical (unpaired) electrons. The number of anilines is 1. The second-order valence-electron chi connectivity index (χ2n) is 12.1. The van der Waals surface area contributed by atoms with Crippen LogP contribution < -0.4 is 19.2 Å².